The van der Waals surface area contributed by atoms with Crippen molar-refractivity contribution in [1.29, 1.82) is 0 Å². The van der Waals surface area contributed by atoms with Crippen molar-refractivity contribution in [3.8, 4) is 0 Å². The first-order chi connectivity index (χ1) is 8.97. The smallest absolute Gasteiger partial charge is 0.137 e. The van der Waals surface area contributed by atoms with Crippen molar-refractivity contribution in [2.75, 3.05) is 0 Å². The van der Waals surface area contributed by atoms with Gasteiger partial charge in [-0.15, -0.1) is 0 Å². The predicted molar refractivity (Wildman–Crippen MR) is 73.9 cm³/mol. The Labute approximate surface area is 119 Å². The first-order valence-electron chi connectivity index (χ1n) is 5.85. The molecular weight excluding hydrogens is 314 g/mol. The normalized spacial score (nSPS) is 12.5. The second-order valence-electron chi connectivity index (χ2n) is 4.48. The molecule has 0 saturated heterocycles. The molecule has 0 fully saturated rings. The molecule has 19 heavy (non-hydrogen) atoms. The third-order valence-corrected chi connectivity index (χ3v) is 3.60. The van der Waals surface area contributed by atoms with Gasteiger partial charge in [-0.05, 0) is 57.7 Å². The van der Waals surface area contributed by atoms with E-state index in [1.54, 1.807) is 31.2 Å². The van der Waals surface area contributed by atoms with Gasteiger partial charge in [-0.3, -0.25) is 0 Å². The Morgan fingerprint density at radius 1 is 1.11 bits per heavy atom. The summed E-state index contributed by atoms with van der Waals surface area (Å²) in [6, 6.07) is 9.22. The van der Waals surface area contributed by atoms with E-state index < -0.39 is 6.10 Å². The lowest BCUT2D eigenvalue weighted by atomic mass is 10.0. The van der Waals surface area contributed by atoms with E-state index in [1.807, 2.05) is 0 Å². The number of halogens is 3. The molecular formula is C15H13BrF2O. The van der Waals surface area contributed by atoms with Crippen LogP contribution < -0.4 is 0 Å². The number of hydrogen-bond acceptors (Lipinski definition) is 1. The minimum Gasteiger partial charge on any atom is -0.388 e. The Kier molecular flexibility index (Phi) is 4.32. The Morgan fingerprint density at radius 3 is 2.47 bits per heavy atom. The van der Waals surface area contributed by atoms with Gasteiger partial charge in [0.25, 0.3) is 0 Å². The number of hydrogen-bond donors (Lipinski definition) is 1. The molecule has 1 unspecified atom stereocenters. The molecule has 1 nitrogen and oxygen atoms in total. The van der Waals surface area contributed by atoms with Gasteiger partial charge in [0.1, 0.15) is 11.6 Å². The molecule has 1 N–H and O–H groups in total. The van der Waals surface area contributed by atoms with E-state index in [-0.39, 0.29) is 11.6 Å². The van der Waals surface area contributed by atoms with Crippen LogP contribution in [0.2, 0.25) is 0 Å². The van der Waals surface area contributed by atoms with Gasteiger partial charge in [-0.2, -0.15) is 0 Å². The van der Waals surface area contributed by atoms with Crippen LogP contribution in [0.25, 0.3) is 0 Å². The Balaban J connectivity index is 2.17. The van der Waals surface area contributed by atoms with Crippen LogP contribution >= 0.6 is 15.9 Å². The number of benzene rings is 2. The minimum absolute atomic E-state index is 0.307. The van der Waals surface area contributed by atoms with Crippen molar-refractivity contribution in [3.05, 3.63) is 69.2 Å². The van der Waals surface area contributed by atoms with E-state index in [2.05, 4.69) is 15.9 Å². The van der Waals surface area contributed by atoms with Crippen LogP contribution in [0.3, 0.4) is 0 Å². The molecule has 0 bridgehead atoms. The SMILES string of the molecule is Cc1ccc(C(O)Cc2ccc(F)c(Br)c2)cc1F. The summed E-state index contributed by atoms with van der Waals surface area (Å²) in [5.41, 5.74) is 1.84. The molecule has 0 aromatic heterocycles. The minimum atomic E-state index is -0.813. The van der Waals surface area contributed by atoms with Crippen molar-refractivity contribution >= 4 is 15.9 Å². The maximum absolute atomic E-state index is 13.4. The zero-order chi connectivity index (χ0) is 14.0. The third kappa shape index (κ3) is 3.39. The molecule has 0 saturated carbocycles. The number of aryl methyl sites for hydroxylation is 1. The Bertz CT molecular complexity index is 599. The van der Waals surface area contributed by atoms with Gasteiger partial charge in [0, 0.05) is 6.42 Å². The monoisotopic (exact) mass is 326 g/mol. The standard InChI is InChI=1S/C15H13BrF2O/c1-9-2-4-11(8-14(9)18)15(19)7-10-3-5-13(17)12(16)6-10/h2-6,8,15,19H,7H2,1H3. The van der Waals surface area contributed by atoms with Crippen LogP contribution in [0.15, 0.2) is 40.9 Å². The summed E-state index contributed by atoms with van der Waals surface area (Å²) in [4.78, 5) is 0. The lowest BCUT2D eigenvalue weighted by Crippen LogP contribution is -2.03. The highest BCUT2D eigenvalue weighted by Gasteiger charge is 2.11. The summed E-state index contributed by atoms with van der Waals surface area (Å²) in [7, 11) is 0. The van der Waals surface area contributed by atoms with Crippen LogP contribution in [0.4, 0.5) is 8.78 Å². The van der Waals surface area contributed by atoms with E-state index in [9.17, 15) is 13.9 Å². The molecule has 2 aromatic rings. The second kappa shape index (κ2) is 5.80. The summed E-state index contributed by atoms with van der Waals surface area (Å²) < 4.78 is 26.9. The average molecular weight is 327 g/mol. The maximum Gasteiger partial charge on any atom is 0.137 e. The molecule has 2 rings (SSSR count). The molecule has 0 spiro atoms. The fourth-order valence-electron chi connectivity index (χ4n) is 1.82. The summed E-state index contributed by atoms with van der Waals surface area (Å²) in [6.45, 7) is 1.67. The molecule has 4 heteroatoms. The molecule has 2 aromatic carbocycles. The van der Waals surface area contributed by atoms with Gasteiger partial charge in [0.15, 0.2) is 0 Å². The summed E-state index contributed by atoms with van der Waals surface area (Å²) in [5.74, 6) is -0.684. The van der Waals surface area contributed by atoms with E-state index in [0.29, 0.717) is 22.0 Å². The fraction of sp³-hybridized carbons (Fsp3) is 0.200. The molecule has 0 aliphatic rings. The highest BCUT2D eigenvalue weighted by atomic mass is 79.9. The summed E-state index contributed by atoms with van der Waals surface area (Å²) in [5, 5.41) is 10.1. The number of rotatable bonds is 3. The van der Waals surface area contributed by atoms with Crippen molar-refractivity contribution in [2.45, 2.75) is 19.4 Å². The highest BCUT2D eigenvalue weighted by Crippen LogP contribution is 2.23. The molecule has 0 aliphatic carbocycles. The number of aliphatic hydroxyl groups excluding tert-OH is 1. The summed E-state index contributed by atoms with van der Waals surface area (Å²) >= 11 is 3.10. The van der Waals surface area contributed by atoms with Gasteiger partial charge in [-0.1, -0.05) is 18.2 Å². The quantitative estimate of drug-likeness (QED) is 0.891. The first kappa shape index (κ1) is 14.2. The average Bonchev–Trinajstić information content (AvgIpc) is 2.37. The molecule has 0 amide bonds. The third-order valence-electron chi connectivity index (χ3n) is 2.99. The van der Waals surface area contributed by atoms with E-state index in [1.165, 1.54) is 12.1 Å². The molecule has 0 heterocycles. The van der Waals surface area contributed by atoms with Gasteiger partial charge in [0.05, 0.1) is 10.6 Å². The van der Waals surface area contributed by atoms with E-state index in [0.717, 1.165) is 5.56 Å². The maximum atomic E-state index is 13.4. The highest BCUT2D eigenvalue weighted by molar-refractivity contribution is 9.10. The van der Waals surface area contributed by atoms with Gasteiger partial charge < -0.3 is 5.11 Å². The van der Waals surface area contributed by atoms with Crippen molar-refractivity contribution < 1.29 is 13.9 Å². The predicted octanol–water partition coefficient (Wildman–Crippen LogP) is 4.31. The van der Waals surface area contributed by atoms with Crippen LogP contribution in [0.1, 0.15) is 22.8 Å². The lowest BCUT2D eigenvalue weighted by molar-refractivity contribution is 0.178. The molecule has 1 atom stereocenters. The van der Waals surface area contributed by atoms with Crippen LogP contribution in [0, 0.1) is 18.6 Å². The lowest BCUT2D eigenvalue weighted by Gasteiger charge is -2.12. The zero-order valence-electron chi connectivity index (χ0n) is 10.3. The van der Waals surface area contributed by atoms with Crippen LogP contribution in [0.5, 0.6) is 0 Å². The van der Waals surface area contributed by atoms with E-state index >= 15 is 0 Å². The Morgan fingerprint density at radius 2 is 1.84 bits per heavy atom. The van der Waals surface area contributed by atoms with Gasteiger partial charge >= 0.3 is 0 Å². The second-order valence-corrected chi connectivity index (χ2v) is 5.33. The summed E-state index contributed by atoms with van der Waals surface area (Å²) in [6.07, 6.45) is -0.506. The topological polar surface area (TPSA) is 20.2 Å². The molecule has 100 valence electrons. The molecule has 0 aliphatic heterocycles. The van der Waals surface area contributed by atoms with Crippen LogP contribution in [-0.4, -0.2) is 5.11 Å². The fourth-order valence-corrected chi connectivity index (χ4v) is 2.25. The Hall–Kier alpha value is -1.26. The molecule has 0 radical (unpaired) electrons. The van der Waals surface area contributed by atoms with Crippen molar-refractivity contribution in [1.82, 2.24) is 0 Å². The number of aliphatic hydroxyl groups is 1. The van der Waals surface area contributed by atoms with Crippen molar-refractivity contribution in [2.24, 2.45) is 0 Å². The first-order valence-corrected chi connectivity index (χ1v) is 6.64. The van der Waals surface area contributed by atoms with E-state index in [4.69, 9.17) is 0 Å². The van der Waals surface area contributed by atoms with Gasteiger partial charge in [-0.25, -0.2) is 8.78 Å². The van der Waals surface area contributed by atoms with Crippen molar-refractivity contribution in [3.63, 3.8) is 0 Å². The largest absolute Gasteiger partial charge is 0.388 e. The van der Waals surface area contributed by atoms with Gasteiger partial charge in [0.2, 0.25) is 0 Å². The van der Waals surface area contributed by atoms with Crippen LogP contribution in [-0.2, 0) is 6.42 Å². The zero-order valence-corrected chi connectivity index (χ0v) is 11.9.